The Hall–Kier alpha value is -6.04. The van der Waals surface area contributed by atoms with E-state index in [0.29, 0.717) is 12.8 Å². The number of ether oxygens (including phenoxy) is 4. The highest BCUT2D eigenvalue weighted by Crippen LogP contribution is 2.29. The summed E-state index contributed by atoms with van der Waals surface area (Å²) < 4.78 is 43.2. The van der Waals surface area contributed by atoms with Crippen LogP contribution in [0.25, 0.3) is 0 Å². The van der Waals surface area contributed by atoms with Gasteiger partial charge >= 0.3 is 29.8 Å². The maximum Gasteiger partial charge on any atom is 0.347 e. The number of para-hydroxylation sites is 2. The van der Waals surface area contributed by atoms with Crippen molar-refractivity contribution in [3.05, 3.63) is 120 Å². The van der Waals surface area contributed by atoms with Gasteiger partial charge in [0.2, 0.25) is 0 Å². The van der Waals surface area contributed by atoms with Crippen LogP contribution in [0, 0.1) is 5.41 Å². The van der Waals surface area contributed by atoms with Gasteiger partial charge in [0.15, 0.2) is 6.10 Å². The number of carboxylic acid groups (broad SMARTS) is 1. The minimum Gasteiger partial charge on any atom is -0.481 e. The average molecular weight is 789 g/mol. The van der Waals surface area contributed by atoms with Gasteiger partial charge in [0, 0.05) is 29.3 Å². The van der Waals surface area contributed by atoms with Crippen molar-refractivity contribution in [2.24, 2.45) is 5.41 Å². The molecule has 1 amide bonds. The van der Waals surface area contributed by atoms with Crippen molar-refractivity contribution in [3.63, 3.8) is 0 Å². The van der Waals surface area contributed by atoms with Gasteiger partial charge in [0.05, 0.1) is 6.42 Å². The van der Waals surface area contributed by atoms with Crippen molar-refractivity contribution in [1.29, 1.82) is 0 Å². The van der Waals surface area contributed by atoms with Crippen LogP contribution in [0.15, 0.2) is 109 Å². The molecule has 0 saturated carbocycles. The molecule has 0 aliphatic carbocycles. The minimum absolute atomic E-state index is 0.0942. The van der Waals surface area contributed by atoms with E-state index < -0.39 is 66.3 Å². The summed E-state index contributed by atoms with van der Waals surface area (Å²) in [5.41, 5.74) is -1.96. The number of nitrogens with one attached hydrogen (secondary N) is 1. The summed E-state index contributed by atoms with van der Waals surface area (Å²) in [6, 6.07) is 10.6. The van der Waals surface area contributed by atoms with E-state index in [0.717, 1.165) is 32.1 Å². The normalized spacial score (nSPS) is 13.4. The molecule has 306 valence electrons. The van der Waals surface area contributed by atoms with E-state index >= 15 is 0 Å². The zero-order chi connectivity index (χ0) is 44.4. The van der Waals surface area contributed by atoms with Crippen LogP contribution < -0.4 is 14.8 Å². The molecule has 0 saturated heterocycles. The summed E-state index contributed by atoms with van der Waals surface area (Å²) in [6.45, 7) is 1.42. The Morgan fingerprint density at radius 2 is 1.26 bits per heavy atom. The van der Waals surface area contributed by atoms with Gasteiger partial charge in [-0.05, 0) is 69.2 Å². The van der Waals surface area contributed by atoms with Crippen molar-refractivity contribution >= 4 is 35.8 Å². The summed E-state index contributed by atoms with van der Waals surface area (Å²) in [5.74, 6) is -7.08. The fourth-order valence-corrected chi connectivity index (χ4v) is 4.97. The fraction of sp³-hybridized carbons (Fsp3) is 0.378. The number of unbranched alkanes of at least 4 members (excludes halogenated alkanes) is 1. The Labute approximate surface area is 339 Å². The molecule has 2 aromatic rings. The van der Waals surface area contributed by atoms with Gasteiger partial charge in [-0.3, -0.25) is 19.2 Å². The lowest BCUT2D eigenvalue weighted by molar-refractivity contribution is -0.153. The average Bonchev–Trinajstić information content (AvgIpc) is 3.20. The van der Waals surface area contributed by atoms with Gasteiger partial charge < -0.3 is 29.4 Å². The van der Waals surface area contributed by atoms with Crippen molar-refractivity contribution in [2.75, 3.05) is 13.2 Å². The van der Waals surface area contributed by atoms with Crippen molar-refractivity contribution in [1.82, 2.24) is 5.32 Å². The zero-order valence-corrected chi connectivity index (χ0v) is 32.8. The van der Waals surface area contributed by atoms with Crippen LogP contribution in [0.2, 0.25) is 0 Å². The van der Waals surface area contributed by atoms with Crippen molar-refractivity contribution in [3.8, 4) is 11.5 Å². The number of hydrogen-bond acceptors (Lipinski definition) is 10. The molecule has 0 aliphatic rings. The molecule has 0 spiro atoms. The standard InChI is InChI=1S/C45H55NO11/c1-5-6-7-8-9-10-11-12-13-14-15-16-17-18-19-20-21-30-40(50)54-33-45(3,4)41(42(51)46-32-31-39(48)49)57-44(53)36-27-23-25-29-38(36)56-43(52)35-26-22-24-28-37(35)55-34(2)47/h6-7,9-10,12-13,15-16,18-19,22-29,41H,5,8,11,14,17,20-21,30-33H2,1-4H3,(H,46,51)(H,48,49)/t41-/m0/s1/i2D3. The molecule has 2 aromatic carbocycles. The smallest absolute Gasteiger partial charge is 0.347 e. The third-order valence-corrected chi connectivity index (χ3v) is 7.94. The molecular formula is C45H55NO11. The first-order valence-electron chi connectivity index (χ1n) is 20.3. The zero-order valence-electron chi connectivity index (χ0n) is 35.8. The first-order valence-corrected chi connectivity index (χ1v) is 18.8. The van der Waals surface area contributed by atoms with Crippen LogP contribution >= 0.6 is 0 Å². The largest absolute Gasteiger partial charge is 0.481 e. The van der Waals surface area contributed by atoms with Crippen LogP contribution in [-0.4, -0.2) is 60.1 Å². The van der Waals surface area contributed by atoms with Gasteiger partial charge in [-0.1, -0.05) is 106 Å². The number of amides is 1. The Morgan fingerprint density at radius 1 is 0.737 bits per heavy atom. The monoisotopic (exact) mass is 788 g/mol. The van der Waals surface area contributed by atoms with Gasteiger partial charge in [0.25, 0.3) is 5.91 Å². The molecule has 0 bridgehead atoms. The van der Waals surface area contributed by atoms with Crippen molar-refractivity contribution < 1.29 is 56.9 Å². The lowest BCUT2D eigenvalue weighted by Gasteiger charge is -2.32. The Balaban J connectivity index is 2.01. The molecule has 2 N–H and O–H groups in total. The van der Waals surface area contributed by atoms with E-state index in [4.69, 9.17) is 28.2 Å². The van der Waals surface area contributed by atoms with Crippen LogP contribution in [0.4, 0.5) is 0 Å². The molecule has 1 atom stereocenters. The van der Waals surface area contributed by atoms with Crippen LogP contribution in [0.3, 0.4) is 0 Å². The molecule has 0 radical (unpaired) electrons. The fourth-order valence-electron chi connectivity index (χ4n) is 4.97. The maximum absolute atomic E-state index is 13.6. The third kappa shape index (κ3) is 19.4. The molecule has 12 nitrogen and oxygen atoms in total. The number of carbonyl (C=O) groups is 6. The van der Waals surface area contributed by atoms with Crippen LogP contribution in [0.1, 0.15) is 110 Å². The quantitative estimate of drug-likeness (QED) is 0.0428. The summed E-state index contributed by atoms with van der Waals surface area (Å²) in [7, 11) is 0. The third-order valence-electron chi connectivity index (χ3n) is 7.94. The van der Waals surface area contributed by atoms with E-state index in [1.54, 1.807) is 0 Å². The number of carbonyl (C=O) groups excluding carboxylic acids is 5. The van der Waals surface area contributed by atoms with E-state index in [-0.39, 0.29) is 36.4 Å². The molecule has 2 rings (SSSR count). The molecule has 0 fully saturated rings. The number of benzene rings is 2. The maximum atomic E-state index is 13.6. The Kier molecular flexibility index (Phi) is 19.7. The van der Waals surface area contributed by atoms with E-state index in [9.17, 15) is 28.8 Å². The number of aliphatic carboxylic acids is 1. The number of hydrogen-bond donors (Lipinski definition) is 2. The van der Waals surface area contributed by atoms with Crippen LogP contribution in [0.5, 0.6) is 11.5 Å². The SMILES string of the molecule is [2H]C([2H])([2H])C(=O)Oc1ccccc1C(=O)Oc1ccccc1C(=O)O[C@@H](C(=O)NCCC(=O)O)C(C)(C)COC(=O)CCCC=CCC=CCC=CCC=CCC=CCC. The predicted molar refractivity (Wildman–Crippen MR) is 217 cm³/mol. The van der Waals surface area contributed by atoms with E-state index in [2.05, 4.69) is 60.8 Å². The highest BCUT2D eigenvalue weighted by molar-refractivity contribution is 5.99. The molecule has 57 heavy (non-hydrogen) atoms. The summed E-state index contributed by atoms with van der Waals surface area (Å²) >= 11 is 0. The Morgan fingerprint density at radius 3 is 1.82 bits per heavy atom. The van der Waals surface area contributed by atoms with Gasteiger partial charge in [-0.15, -0.1) is 0 Å². The van der Waals surface area contributed by atoms with Gasteiger partial charge in [-0.2, -0.15) is 0 Å². The second-order valence-electron chi connectivity index (χ2n) is 13.2. The van der Waals surface area contributed by atoms with Gasteiger partial charge in [-0.25, -0.2) is 9.59 Å². The lowest BCUT2D eigenvalue weighted by atomic mass is 9.86. The van der Waals surface area contributed by atoms with Gasteiger partial charge in [0.1, 0.15) is 29.2 Å². The van der Waals surface area contributed by atoms with E-state index in [1.165, 1.54) is 62.4 Å². The highest BCUT2D eigenvalue weighted by atomic mass is 16.6. The molecule has 0 aromatic heterocycles. The Bertz CT molecular complexity index is 1890. The minimum atomic E-state index is -3.10. The first kappa shape index (κ1) is 42.1. The number of carboxylic acids is 1. The molecule has 0 heterocycles. The predicted octanol–water partition coefficient (Wildman–Crippen LogP) is 8.44. The molecular weight excluding hydrogens is 730 g/mol. The molecule has 12 heteroatoms. The number of esters is 4. The molecule has 0 aliphatic heterocycles. The second kappa shape index (κ2) is 26.7. The van der Waals surface area contributed by atoms with Crippen molar-refractivity contribution in [2.45, 2.75) is 91.5 Å². The first-order chi connectivity index (χ1) is 28.6. The second-order valence-corrected chi connectivity index (χ2v) is 13.2. The molecule has 0 unspecified atom stereocenters. The number of rotatable bonds is 25. The van der Waals surface area contributed by atoms with Crippen LogP contribution in [-0.2, 0) is 28.7 Å². The summed E-state index contributed by atoms with van der Waals surface area (Å²) in [5, 5.41) is 11.5. The number of allylic oxidation sites excluding steroid dienone is 10. The summed E-state index contributed by atoms with van der Waals surface area (Å²) in [6.07, 6.45) is 24.8. The summed E-state index contributed by atoms with van der Waals surface area (Å²) in [4.78, 5) is 76.0. The lowest BCUT2D eigenvalue weighted by Crippen LogP contribution is -2.49. The highest BCUT2D eigenvalue weighted by Gasteiger charge is 2.40. The van der Waals surface area contributed by atoms with E-state index in [1.807, 2.05) is 12.2 Å². The topological polar surface area (TPSA) is 172 Å².